The third-order valence-electron chi connectivity index (χ3n) is 4.10. The van der Waals surface area contributed by atoms with Gasteiger partial charge in [0.05, 0.1) is 17.1 Å². The van der Waals surface area contributed by atoms with Crippen molar-refractivity contribution >= 4 is 38.9 Å². The monoisotopic (exact) mass is 449 g/mol. The summed E-state index contributed by atoms with van der Waals surface area (Å²) >= 11 is 11.9. The lowest BCUT2D eigenvalue weighted by molar-refractivity contribution is 0.0727. The molecule has 0 aliphatic carbocycles. The van der Waals surface area contributed by atoms with Crippen molar-refractivity contribution < 1.29 is 13.2 Å². The van der Waals surface area contributed by atoms with Gasteiger partial charge >= 0.3 is 0 Å². The predicted molar refractivity (Wildman–Crippen MR) is 112 cm³/mol. The molecule has 0 aliphatic heterocycles. The van der Waals surface area contributed by atoms with Crippen LogP contribution in [0.4, 0.5) is 0 Å². The first-order chi connectivity index (χ1) is 13.7. The van der Waals surface area contributed by atoms with Crippen molar-refractivity contribution in [2.24, 2.45) is 0 Å². The molecule has 29 heavy (non-hydrogen) atoms. The van der Waals surface area contributed by atoms with Gasteiger partial charge in [-0.15, -0.1) is 0 Å². The Kier molecular flexibility index (Phi) is 6.52. The molecule has 0 N–H and O–H groups in total. The van der Waals surface area contributed by atoms with Crippen LogP contribution >= 0.6 is 23.2 Å². The summed E-state index contributed by atoms with van der Waals surface area (Å²) in [5.74, 6) is -0.297. The predicted octanol–water partition coefficient (Wildman–Crippen LogP) is 4.03. The van der Waals surface area contributed by atoms with Crippen molar-refractivity contribution in [1.29, 1.82) is 0 Å². The summed E-state index contributed by atoms with van der Waals surface area (Å²) < 4.78 is 23.3. The normalized spacial score (nSPS) is 11.3. The van der Waals surface area contributed by atoms with E-state index in [-0.39, 0.29) is 34.2 Å². The van der Waals surface area contributed by atoms with Crippen LogP contribution in [0.5, 0.6) is 0 Å². The molecule has 2 aromatic heterocycles. The smallest absolute Gasteiger partial charge is 0.254 e. The van der Waals surface area contributed by atoms with E-state index in [2.05, 4.69) is 9.97 Å². The summed E-state index contributed by atoms with van der Waals surface area (Å²) in [4.78, 5) is 23.1. The Hall–Kier alpha value is -2.48. The lowest BCUT2D eigenvalue weighted by atomic mass is 10.1. The molecule has 0 saturated carbocycles. The Morgan fingerprint density at radius 2 is 1.66 bits per heavy atom. The summed E-state index contributed by atoms with van der Waals surface area (Å²) in [5, 5.41) is 0.243. The highest BCUT2D eigenvalue weighted by Gasteiger charge is 2.19. The zero-order chi connectivity index (χ0) is 21.0. The summed E-state index contributed by atoms with van der Waals surface area (Å²) in [5.41, 5.74) is 1.78. The average molecular weight is 450 g/mol. The number of benzene rings is 1. The molecule has 0 unspecified atom stereocenters. The van der Waals surface area contributed by atoms with Gasteiger partial charge in [0.1, 0.15) is 10.3 Å². The topological polar surface area (TPSA) is 80.2 Å². The van der Waals surface area contributed by atoms with Crippen LogP contribution in [-0.4, -0.2) is 35.4 Å². The van der Waals surface area contributed by atoms with Crippen LogP contribution in [0, 0.1) is 0 Å². The number of hydrogen-bond donors (Lipinski definition) is 0. The van der Waals surface area contributed by atoms with E-state index in [1.807, 2.05) is 12.1 Å². The van der Waals surface area contributed by atoms with E-state index >= 15 is 0 Å². The number of rotatable bonds is 6. The Labute approximate surface area is 179 Å². The highest BCUT2D eigenvalue weighted by molar-refractivity contribution is 7.90. The Bertz CT molecular complexity index is 1100. The molecule has 1 amide bonds. The highest BCUT2D eigenvalue weighted by Crippen LogP contribution is 2.19. The lowest BCUT2D eigenvalue weighted by Crippen LogP contribution is -2.30. The van der Waals surface area contributed by atoms with Crippen molar-refractivity contribution in [2.75, 3.05) is 6.26 Å². The summed E-state index contributed by atoms with van der Waals surface area (Å²) in [7, 11) is -3.29. The van der Waals surface area contributed by atoms with Gasteiger partial charge in [0, 0.05) is 24.6 Å². The number of halogens is 2. The van der Waals surface area contributed by atoms with Crippen LogP contribution < -0.4 is 0 Å². The minimum absolute atomic E-state index is 0.121. The quantitative estimate of drug-likeness (QED) is 0.530. The molecule has 9 heteroatoms. The number of pyridine rings is 2. The van der Waals surface area contributed by atoms with E-state index in [0.717, 1.165) is 11.8 Å². The summed E-state index contributed by atoms with van der Waals surface area (Å²) in [6, 6.07) is 14.8. The van der Waals surface area contributed by atoms with E-state index in [1.54, 1.807) is 29.3 Å². The number of carbonyl (C=O) groups is 1. The molecular formula is C20H17Cl2N3O3S. The number of aromatic nitrogens is 2. The van der Waals surface area contributed by atoms with Crippen molar-refractivity contribution in [2.45, 2.75) is 18.0 Å². The van der Waals surface area contributed by atoms with E-state index in [0.29, 0.717) is 11.3 Å². The molecule has 0 atom stereocenters. The minimum atomic E-state index is -3.29. The molecule has 0 aliphatic rings. The van der Waals surface area contributed by atoms with Crippen molar-refractivity contribution in [1.82, 2.24) is 14.9 Å². The molecule has 3 aromatic rings. The fourth-order valence-corrected chi connectivity index (χ4v) is 3.81. The van der Waals surface area contributed by atoms with Crippen LogP contribution in [-0.2, 0) is 22.9 Å². The van der Waals surface area contributed by atoms with Crippen molar-refractivity contribution in [3.63, 3.8) is 0 Å². The Morgan fingerprint density at radius 3 is 2.21 bits per heavy atom. The van der Waals surface area contributed by atoms with Crippen molar-refractivity contribution in [3.05, 3.63) is 87.9 Å². The first kappa shape index (κ1) is 21.2. The maximum absolute atomic E-state index is 13.1. The number of amides is 1. The Balaban J connectivity index is 1.91. The maximum Gasteiger partial charge on any atom is 0.254 e. The second-order valence-electron chi connectivity index (χ2n) is 6.40. The second kappa shape index (κ2) is 8.90. The van der Waals surface area contributed by atoms with Gasteiger partial charge in [-0.25, -0.2) is 13.4 Å². The molecule has 150 valence electrons. The summed E-state index contributed by atoms with van der Waals surface area (Å²) in [6.45, 7) is 0.502. The molecule has 0 bridgehead atoms. The molecule has 0 fully saturated rings. The van der Waals surface area contributed by atoms with Gasteiger partial charge in [-0.1, -0.05) is 41.4 Å². The first-order valence-electron chi connectivity index (χ1n) is 8.53. The second-order valence-corrected chi connectivity index (χ2v) is 9.19. The van der Waals surface area contributed by atoms with E-state index in [9.17, 15) is 13.2 Å². The van der Waals surface area contributed by atoms with E-state index in [4.69, 9.17) is 23.2 Å². The zero-order valence-corrected chi connectivity index (χ0v) is 17.7. The van der Waals surface area contributed by atoms with Gasteiger partial charge in [-0.3, -0.25) is 9.78 Å². The number of carbonyl (C=O) groups excluding carboxylic acids is 1. The van der Waals surface area contributed by atoms with Crippen molar-refractivity contribution in [3.8, 4) is 0 Å². The SMILES string of the molecule is CS(=O)(=O)c1ccc(CN(Cc2ccccn2)C(=O)c2cc(Cl)nc(Cl)c2)cc1. The fraction of sp³-hybridized carbons (Fsp3) is 0.150. The third kappa shape index (κ3) is 5.76. The van der Waals surface area contributed by atoms with Gasteiger partial charge < -0.3 is 4.90 Å². The molecule has 2 heterocycles. The molecule has 3 rings (SSSR count). The van der Waals surface area contributed by atoms with Gasteiger partial charge in [0.2, 0.25) is 0 Å². The molecule has 6 nitrogen and oxygen atoms in total. The molecule has 0 radical (unpaired) electrons. The summed E-state index contributed by atoms with van der Waals surface area (Å²) in [6.07, 6.45) is 2.80. The van der Waals surface area contributed by atoms with E-state index in [1.165, 1.54) is 24.3 Å². The molecule has 1 aromatic carbocycles. The molecular weight excluding hydrogens is 433 g/mol. The number of hydrogen-bond acceptors (Lipinski definition) is 5. The highest BCUT2D eigenvalue weighted by atomic mass is 35.5. The lowest BCUT2D eigenvalue weighted by Gasteiger charge is -2.23. The van der Waals surface area contributed by atoms with Gasteiger partial charge in [-0.05, 0) is 42.0 Å². The van der Waals surface area contributed by atoms with Gasteiger partial charge in [0.25, 0.3) is 5.91 Å². The average Bonchev–Trinajstić information content (AvgIpc) is 2.67. The number of sulfone groups is 1. The largest absolute Gasteiger partial charge is 0.328 e. The standard InChI is InChI=1S/C20H17Cl2N3O3S/c1-29(27,28)17-7-5-14(6-8-17)12-25(13-16-4-2-3-9-23-16)20(26)15-10-18(21)24-19(22)11-15/h2-11H,12-13H2,1H3. The van der Waals surface area contributed by atoms with Gasteiger partial charge in [-0.2, -0.15) is 0 Å². The first-order valence-corrected chi connectivity index (χ1v) is 11.2. The van der Waals surface area contributed by atoms with E-state index < -0.39 is 9.84 Å². The third-order valence-corrected chi connectivity index (χ3v) is 5.62. The molecule has 0 spiro atoms. The van der Waals surface area contributed by atoms with Crippen LogP contribution in [0.3, 0.4) is 0 Å². The minimum Gasteiger partial charge on any atom is -0.328 e. The number of nitrogens with zero attached hydrogens (tertiary/aromatic N) is 3. The molecule has 0 saturated heterocycles. The van der Waals surface area contributed by atoms with Gasteiger partial charge in [0.15, 0.2) is 9.84 Å². The van der Waals surface area contributed by atoms with Crippen LogP contribution in [0.2, 0.25) is 10.3 Å². The Morgan fingerprint density at radius 1 is 1.00 bits per heavy atom. The van der Waals surface area contributed by atoms with Crippen LogP contribution in [0.1, 0.15) is 21.6 Å². The zero-order valence-electron chi connectivity index (χ0n) is 15.4. The fourth-order valence-electron chi connectivity index (χ4n) is 2.72. The van der Waals surface area contributed by atoms with Crippen LogP contribution in [0.15, 0.2) is 65.7 Å². The maximum atomic E-state index is 13.1. The van der Waals surface area contributed by atoms with Crippen LogP contribution in [0.25, 0.3) is 0 Å².